The Hall–Kier alpha value is -1.97. The number of hydrogen-bond acceptors (Lipinski definition) is 3. The summed E-state index contributed by atoms with van der Waals surface area (Å²) in [5, 5.41) is 3.18. The molecule has 2 rings (SSSR count). The molecule has 4 heteroatoms. The molecule has 3 nitrogen and oxygen atoms in total. The van der Waals surface area contributed by atoms with Crippen LogP contribution in [0.4, 0.5) is 10.2 Å². The van der Waals surface area contributed by atoms with E-state index in [-0.39, 0.29) is 5.82 Å². The first kappa shape index (κ1) is 11.5. The summed E-state index contributed by atoms with van der Waals surface area (Å²) in [6.07, 6.45) is 2.48. The van der Waals surface area contributed by atoms with Gasteiger partial charge in [-0.05, 0) is 37.1 Å². The van der Waals surface area contributed by atoms with Gasteiger partial charge in [0.15, 0.2) is 0 Å². The standard InChI is InChI=1S/C13H14FN3/c1-10-15-8-6-13(17-10)16-7-5-11-3-2-4-12(14)9-11/h2-4,6,8-9H,5,7H2,1H3,(H,15,16,17). The molecule has 0 aliphatic carbocycles. The summed E-state index contributed by atoms with van der Waals surface area (Å²) in [6, 6.07) is 8.45. The molecule has 17 heavy (non-hydrogen) atoms. The molecule has 1 aromatic carbocycles. The lowest BCUT2D eigenvalue weighted by atomic mass is 10.1. The number of aromatic nitrogens is 2. The molecule has 2 aromatic rings. The minimum atomic E-state index is -0.194. The van der Waals surface area contributed by atoms with Gasteiger partial charge in [0.25, 0.3) is 0 Å². The van der Waals surface area contributed by atoms with Crippen LogP contribution in [-0.4, -0.2) is 16.5 Å². The Bertz CT molecular complexity index is 454. The maximum Gasteiger partial charge on any atom is 0.129 e. The van der Waals surface area contributed by atoms with Crippen LogP contribution in [0.25, 0.3) is 0 Å². The largest absolute Gasteiger partial charge is 0.370 e. The molecule has 0 unspecified atom stereocenters. The molecule has 0 aliphatic heterocycles. The molecule has 0 fully saturated rings. The number of hydrogen-bond donors (Lipinski definition) is 1. The highest BCUT2D eigenvalue weighted by Gasteiger charge is 1.97. The van der Waals surface area contributed by atoms with E-state index in [2.05, 4.69) is 15.3 Å². The zero-order chi connectivity index (χ0) is 12.1. The molecule has 1 heterocycles. The third kappa shape index (κ3) is 3.52. The van der Waals surface area contributed by atoms with Crippen LogP contribution in [0.15, 0.2) is 36.5 Å². The van der Waals surface area contributed by atoms with Gasteiger partial charge >= 0.3 is 0 Å². The minimum Gasteiger partial charge on any atom is -0.370 e. The first-order valence-electron chi connectivity index (χ1n) is 5.52. The number of benzene rings is 1. The first-order chi connectivity index (χ1) is 8.24. The van der Waals surface area contributed by atoms with E-state index in [4.69, 9.17) is 0 Å². The minimum absolute atomic E-state index is 0.194. The molecule has 0 radical (unpaired) electrons. The van der Waals surface area contributed by atoms with Gasteiger partial charge in [0.05, 0.1) is 0 Å². The van der Waals surface area contributed by atoms with Crippen molar-refractivity contribution in [2.24, 2.45) is 0 Å². The number of aryl methyl sites for hydroxylation is 1. The lowest BCUT2D eigenvalue weighted by Gasteiger charge is -2.05. The van der Waals surface area contributed by atoms with Gasteiger partial charge in [-0.2, -0.15) is 0 Å². The number of rotatable bonds is 4. The van der Waals surface area contributed by atoms with Crippen molar-refractivity contribution in [2.45, 2.75) is 13.3 Å². The molecular formula is C13H14FN3. The van der Waals surface area contributed by atoms with E-state index < -0.39 is 0 Å². The molecule has 0 saturated carbocycles. The van der Waals surface area contributed by atoms with E-state index in [0.717, 1.165) is 30.2 Å². The van der Waals surface area contributed by atoms with Gasteiger partial charge in [-0.3, -0.25) is 0 Å². The molecule has 0 bridgehead atoms. The number of nitrogens with zero attached hydrogens (tertiary/aromatic N) is 2. The van der Waals surface area contributed by atoms with Crippen molar-refractivity contribution in [3.8, 4) is 0 Å². The fourth-order valence-electron chi connectivity index (χ4n) is 1.58. The molecule has 0 saturated heterocycles. The number of nitrogens with one attached hydrogen (secondary N) is 1. The topological polar surface area (TPSA) is 37.8 Å². The average molecular weight is 231 g/mol. The quantitative estimate of drug-likeness (QED) is 0.878. The molecule has 0 aliphatic rings. The smallest absolute Gasteiger partial charge is 0.129 e. The summed E-state index contributed by atoms with van der Waals surface area (Å²) in [6.45, 7) is 2.57. The van der Waals surface area contributed by atoms with Gasteiger partial charge in [0.2, 0.25) is 0 Å². The molecule has 88 valence electrons. The van der Waals surface area contributed by atoms with Crippen LogP contribution < -0.4 is 5.32 Å². The molecule has 0 amide bonds. The summed E-state index contributed by atoms with van der Waals surface area (Å²) in [5.74, 6) is 1.34. The number of halogens is 1. The summed E-state index contributed by atoms with van der Waals surface area (Å²) in [4.78, 5) is 8.24. The van der Waals surface area contributed by atoms with Crippen molar-refractivity contribution in [1.82, 2.24) is 9.97 Å². The molecule has 0 spiro atoms. The van der Waals surface area contributed by atoms with Crippen LogP contribution in [0.5, 0.6) is 0 Å². The van der Waals surface area contributed by atoms with Gasteiger partial charge in [0.1, 0.15) is 17.5 Å². The van der Waals surface area contributed by atoms with E-state index in [1.807, 2.05) is 19.1 Å². The first-order valence-corrected chi connectivity index (χ1v) is 5.52. The second-order valence-electron chi connectivity index (χ2n) is 3.80. The summed E-state index contributed by atoms with van der Waals surface area (Å²) < 4.78 is 12.9. The Kier molecular flexibility index (Phi) is 3.65. The zero-order valence-corrected chi connectivity index (χ0v) is 9.65. The van der Waals surface area contributed by atoms with E-state index in [1.165, 1.54) is 6.07 Å². The molecule has 0 atom stereocenters. The monoisotopic (exact) mass is 231 g/mol. The lowest BCUT2D eigenvalue weighted by Crippen LogP contribution is -2.07. The normalized spacial score (nSPS) is 10.2. The van der Waals surface area contributed by atoms with Gasteiger partial charge in [-0.15, -0.1) is 0 Å². The van der Waals surface area contributed by atoms with Crippen LogP contribution in [0.2, 0.25) is 0 Å². The van der Waals surface area contributed by atoms with Gasteiger partial charge in [0, 0.05) is 12.7 Å². The summed E-state index contributed by atoms with van der Waals surface area (Å²) in [7, 11) is 0. The second-order valence-corrected chi connectivity index (χ2v) is 3.80. The van der Waals surface area contributed by atoms with E-state index >= 15 is 0 Å². The van der Waals surface area contributed by atoms with Gasteiger partial charge < -0.3 is 5.32 Å². The van der Waals surface area contributed by atoms with Crippen LogP contribution in [0, 0.1) is 12.7 Å². The van der Waals surface area contributed by atoms with Crippen LogP contribution in [-0.2, 0) is 6.42 Å². The number of anilines is 1. The van der Waals surface area contributed by atoms with Crippen LogP contribution in [0.1, 0.15) is 11.4 Å². The third-order valence-electron chi connectivity index (χ3n) is 2.38. The van der Waals surface area contributed by atoms with Crippen molar-refractivity contribution in [2.75, 3.05) is 11.9 Å². The Morgan fingerprint density at radius 2 is 2.18 bits per heavy atom. The van der Waals surface area contributed by atoms with Crippen molar-refractivity contribution in [1.29, 1.82) is 0 Å². The Morgan fingerprint density at radius 1 is 1.29 bits per heavy atom. The molecule has 1 aromatic heterocycles. The fraction of sp³-hybridized carbons (Fsp3) is 0.231. The zero-order valence-electron chi connectivity index (χ0n) is 9.65. The average Bonchev–Trinajstić information content (AvgIpc) is 2.29. The fourth-order valence-corrected chi connectivity index (χ4v) is 1.58. The summed E-state index contributed by atoms with van der Waals surface area (Å²) >= 11 is 0. The van der Waals surface area contributed by atoms with Crippen molar-refractivity contribution >= 4 is 5.82 Å². The van der Waals surface area contributed by atoms with Gasteiger partial charge in [-0.1, -0.05) is 12.1 Å². The van der Waals surface area contributed by atoms with Gasteiger partial charge in [-0.25, -0.2) is 14.4 Å². The van der Waals surface area contributed by atoms with E-state index in [1.54, 1.807) is 18.3 Å². The van der Waals surface area contributed by atoms with Crippen molar-refractivity contribution < 1.29 is 4.39 Å². The van der Waals surface area contributed by atoms with Crippen molar-refractivity contribution in [3.63, 3.8) is 0 Å². The maximum absolute atomic E-state index is 12.9. The predicted octanol–water partition coefficient (Wildman–Crippen LogP) is 2.58. The highest BCUT2D eigenvalue weighted by Crippen LogP contribution is 2.05. The third-order valence-corrected chi connectivity index (χ3v) is 2.38. The second kappa shape index (κ2) is 5.39. The molecule has 1 N–H and O–H groups in total. The van der Waals surface area contributed by atoms with E-state index in [0.29, 0.717) is 0 Å². The summed E-state index contributed by atoms with van der Waals surface area (Å²) in [5.41, 5.74) is 0.975. The SMILES string of the molecule is Cc1nccc(NCCc2cccc(F)c2)n1. The van der Waals surface area contributed by atoms with Crippen molar-refractivity contribution in [3.05, 3.63) is 53.7 Å². The lowest BCUT2D eigenvalue weighted by molar-refractivity contribution is 0.625. The Balaban J connectivity index is 1.87. The highest BCUT2D eigenvalue weighted by molar-refractivity contribution is 5.33. The molecular weight excluding hydrogens is 217 g/mol. The Labute approximate surface area is 99.7 Å². The maximum atomic E-state index is 12.9. The van der Waals surface area contributed by atoms with Crippen LogP contribution in [0.3, 0.4) is 0 Å². The predicted molar refractivity (Wildman–Crippen MR) is 65.4 cm³/mol. The highest BCUT2D eigenvalue weighted by atomic mass is 19.1. The van der Waals surface area contributed by atoms with E-state index in [9.17, 15) is 4.39 Å². The van der Waals surface area contributed by atoms with Crippen LogP contribution >= 0.6 is 0 Å². The Morgan fingerprint density at radius 3 is 2.94 bits per heavy atom.